The van der Waals surface area contributed by atoms with Crippen molar-refractivity contribution in [3.63, 3.8) is 0 Å². The zero-order chi connectivity index (χ0) is 20.5. The first-order valence-corrected chi connectivity index (χ1v) is 9.20. The van der Waals surface area contributed by atoms with E-state index in [0.29, 0.717) is 28.6 Å². The number of ether oxygens (including phenoxy) is 1. The van der Waals surface area contributed by atoms with Crippen molar-refractivity contribution in [2.24, 2.45) is 0 Å². The molecule has 1 aliphatic rings. The number of pyridine rings is 1. The first kappa shape index (κ1) is 18.9. The average molecular weight is 398 g/mol. The molecule has 0 bridgehead atoms. The van der Waals surface area contributed by atoms with E-state index < -0.39 is 5.82 Å². The van der Waals surface area contributed by atoms with E-state index in [-0.39, 0.29) is 23.5 Å². The van der Waals surface area contributed by atoms with E-state index in [9.17, 15) is 8.78 Å². The van der Waals surface area contributed by atoms with Crippen LogP contribution in [0.3, 0.4) is 0 Å². The van der Waals surface area contributed by atoms with E-state index in [4.69, 9.17) is 10.5 Å². The fourth-order valence-corrected chi connectivity index (χ4v) is 3.06. The molecule has 3 aromatic heterocycles. The second-order valence-electron chi connectivity index (χ2n) is 6.64. The summed E-state index contributed by atoms with van der Waals surface area (Å²) in [5.41, 5.74) is 8.69. The highest BCUT2D eigenvalue weighted by Crippen LogP contribution is 2.36. The molecule has 1 saturated carbocycles. The molecule has 0 atom stereocenters. The van der Waals surface area contributed by atoms with Crippen LogP contribution in [0.4, 0.5) is 20.5 Å². The van der Waals surface area contributed by atoms with Crippen LogP contribution in [-0.2, 0) is 0 Å². The number of hydrogen-bond acceptors (Lipinski definition) is 6. The summed E-state index contributed by atoms with van der Waals surface area (Å²) in [4.78, 5) is 8.22. The van der Waals surface area contributed by atoms with Crippen LogP contribution in [0.1, 0.15) is 26.2 Å². The number of fused-ring (bicyclic) bond motifs is 1. The Morgan fingerprint density at radius 3 is 2.86 bits per heavy atom. The molecule has 0 amide bonds. The van der Waals surface area contributed by atoms with Crippen molar-refractivity contribution < 1.29 is 13.5 Å². The van der Waals surface area contributed by atoms with Gasteiger partial charge in [0, 0.05) is 35.3 Å². The third-order valence-electron chi connectivity index (χ3n) is 4.70. The summed E-state index contributed by atoms with van der Waals surface area (Å²) in [7, 11) is 1.47. The highest BCUT2D eigenvalue weighted by Gasteiger charge is 2.20. The minimum atomic E-state index is -0.566. The van der Waals surface area contributed by atoms with Gasteiger partial charge < -0.3 is 15.8 Å². The lowest BCUT2D eigenvalue weighted by Crippen LogP contribution is -2.03. The number of rotatable bonds is 6. The van der Waals surface area contributed by atoms with Gasteiger partial charge in [-0.15, -0.1) is 5.10 Å². The van der Waals surface area contributed by atoms with Gasteiger partial charge in [-0.2, -0.15) is 4.98 Å². The Morgan fingerprint density at radius 1 is 1.41 bits per heavy atom. The average Bonchev–Trinajstić information content (AvgIpc) is 3.48. The minimum Gasteiger partial charge on any atom is -0.479 e. The molecular formula is C20H20F2N6O. The standard InChI is InChI=1S/C20H20F2N6O/c1-3-11(16(22)12-4-5-12)9-24-18-15(21)8-13(10-25-18)14-6-7-28-17(14)19(29-2)26-20(23)27-28/h6-10H,3-5H2,1-2H3,(H2,23,27)(H,24,25)/b11-9+. The number of nitrogens with one attached hydrogen (secondary N) is 1. The molecule has 9 heteroatoms. The SMILES string of the molecule is CC/C(=C\Nc1ncc(-c2ccn3nc(N)nc(OC)c23)cc1F)C(F)=C1CC1. The molecule has 3 aromatic rings. The van der Waals surface area contributed by atoms with E-state index >= 15 is 0 Å². The third-order valence-corrected chi connectivity index (χ3v) is 4.70. The van der Waals surface area contributed by atoms with Crippen LogP contribution in [0, 0.1) is 5.82 Å². The van der Waals surface area contributed by atoms with E-state index in [1.54, 1.807) is 12.3 Å². The fraction of sp³-hybridized carbons (Fsp3) is 0.250. The minimum absolute atomic E-state index is 0.0178. The van der Waals surface area contributed by atoms with Crippen molar-refractivity contribution >= 4 is 17.3 Å². The Kier molecular flexibility index (Phi) is 4.87. The Balaban J connectivity index is 1.66. The van der Waals surface area contributed by atoms with Gasteiger partial charge in [0.1, 0.15) is 11.3 Å². The number of methoxy groups -OCH3 is 1. The van der Waals surface area contributed by atoms with Gasteiger partial charge in [-0.3, -0.25) is 0 Å². The van der Waals surface area contributed by atoms with Gasteiger partial charge in [0.2, 0.25) is 11.8 Å². The topological polar surface area (TPSA) is 90.4 Å². The summed E-state index contributed by atoms with van der Waals surface area (Å²) in [5.74, 6) is -0.414. The highest BCUT2D eigenvalue weighted by atomic mass is 19.1. The number of nitrogens with zero attached hydrogens (tertiary/aromatic N) is 4. The molecule has 1 aliphatic carbocycles. The summed E-state index contributed by atoms with van der Waals surface area (Å²) >= 11 is 0. The van der Waals surface area contributed by atoms with Crippen molar-refractivity contribution in [3.05, 3.63) is 53.5 Å². The Labute approximate surface area is 165 Å². The van der Waals surface area contributed by atoms with Gasteiger partial charge in [0.05, 0.1) is 7.11 Å². The van der Waals surface area contributed by atoms with Crippen LogP contribution in [0.2, 0.25) is 0 Å². The lowest BCUT2D eigenvalue weighted by Gasteiger charge is -2.08. The first-order chi connectivity index (χ1) is 14.0. The normalized spacial score (nSPS) is 13.7. The summed E-state index contributed by atoms with van der Waals surface area (Å²) in [6.07, 6.45) is 6.75. The number of nitrogen functional groups attached to an aromatic ring is 1. The molecule has 29 heavy (non-hydrogen) atoms. The lowest BCUT2D eigenvalue weighted by molar-refractivity contribution is 0.400. The number of hydrogen-bond donors (Lipinski definition) is 2. The van der Waals surface area contributed by atoms with Crippen LogP contribution in [0.5, 0.6) is 5.88 Å². The van der Waals surface area contributed by atoms with Gasteiger partial charge in [-0.1, -0.05) is 6.92 Å². The van der Waals surface area contributed by atoms with Crippen LogP contribution in [0.25, 0.3) is 16.6 Å². The molecule has 150 valence electrons. The number of anilines is 2. The van der Waals surface area contributed by atoms with Crippen molar-refractivity contribution in [2.75, 3.05) is 18.2 Å². The Morgan fingerprint density at radius 2 is 2.21 bits per heavy atom. The first-order valence-electron chi connectivity index (χ1n) is 9.20. The Bertz CT molecular complexity index is 1150. The molecule has 1 fully saturated rings. The van der Waals surface area contributed by atoms with Crippen LogP contribution >= 0.6 is 0 Å². The van der Waals surface area contributed by atoms with Gasteiger partial charge in [-0.05, 0) is 37.0 Å². The zero-order valence-corrected chi connectivity index (χ0v) is 16.0. The number of allylic oxidation sites excluding steroid dienone is 3. The van der Waals surface area contributed by atoms with Gasteiger partial charge >= 0.3 is 0 Å². The maximum absolute atomic E-state index is 14.7. The van der Waals surface area contributed by atoms with Crippen molar-refractivity contribution in [3.8, 4) is 17.0 Å². The van der Waals surface area contributed by atoms with Crippen molar-refractivity contribution in [1.82, 2.24) is 19.6 Å². The highest BCUT2D eigenvalue weighted by molar-refractivity contribution is 5.84. The maximum Gasteiger partial charge on any atom is 0.243 e. The third kappa shape index (κ3) is 3.63. The Hall–Kier alpha value is -3.49. The number of aromatic nitrogens is 4. The largest absolute Gasteiger partial charge is 0.479 e. The molecule has 0 unspecified atom stereocenters. The molecule has 3 N–H and O–H groups in total. The summed E-state index contributed by atoms with van der Waals surface area (Å²) in [6.45, 7) is 1.85. The van der Waals surface area contributed by atoms with Crippen molar-refractivity contribution in [2.45, 2.75) is 26.2 Å². The fourth-order valence-electron chi connectivity index (χ4n) is 3.06. The maximum atomic E-state index is 14.7. The summed E-state index contributed by atoms with van der Waals surface area (Å²) < 4.78 is 35.6. The molecule has 0 saturated heterocycles. The van der Waals surface area contributed by atoms with Crippen molar-refractivity contribution in [1.29, 1.82) is 0 Å². The molecule has 0 radical (unpaired) electrons. The quantitative estimate of drug-likeness (QED) is 0.645. The second-order valence-corrected chi connectivity index (χ2v) is 6.64. The van der Waals surface area contributed by atoms with Gasteiger partial charge in [-0.25, -0.2) is 18.3 Å². The van der Waals surface area contributed by atoms with Crippen LogP contribution in [-0.4, -0.2) is 26.7 Å². The molecule has 7 nitrogen and oxygen atoms in total. The summed E-state index contributed by atoms with van der Waals surface area (Å²) in [6, 6.07) is 3.09. The van der Waals surface area contributed by atoms with Crippen LogP contribution < -0.4 is 15.8 Å². The van der Waals surface area contributed by atoms with E-state index in [1.165, 1.54) is 30.1 Å². The second kappa shape index (κ2) is 7.50. The summed E-state index contributed by atoms with van der Waals surface area (Å²) in [5, 5.41) is 6.87. The van der Waals surface area contributed by atoms with Gasteiger partial charge in [0.25, 0.3) is 0 Å². The molecule has 3 heterocycles. The van der Waals surface area contributed by atoms with E-state index in [2.05, 4.69) is 20.4 Å². The molecule has 0 spiro atoms. The zero-order valence-electron chi connectivity index (χ0n) is 16.0. The number of halogens is 2. The predicted molar refractivity (Wildman–Crippen MR) is 107 cm³/mol. The molecule has 0 aromatic carbocycles. The van der Waals surface area contributed by atoms with Gasteiger partial charge in [0.15, 0.2) is 11.6 Å². The van der Waals surface area contributed by atoms with E-state index in [0.717, 1.165) is 18.4 Å². The smallest absolute Gasteiger partial charge is 0.243 e. The number of nitrogens with two attached hydrogens (primary N) is 1. The predicted octanol–water partition coefficient (Wildman–Crippen LogP) is 4.24. The van der Waals surface area contributed by atoms with E-state index in [1.807, 2.05) is 6.92 Å². The molecule has 0 aliphatic heterocycles. The van der Waals surface area contributed by atoms with Crippen LogP contribution in [0.15, 0.2) is 47.7 Å². The lowest BCUT2D eigenvalue weighted by atomic mass is 10.1. The molecular weight excluding hydrogens is 378 g/mol. The monoisotopic (exact) mass is 398 g/mol. The molecule has 4 rings (SSSR count).